The predicted octanol–water partition coefficient (Wildman–Crippen LogP) is 3.60. The van der Waals surface area contributed by atoms with E-state index in [1.54, 1.807) is 26.2 Å². The molecule has 0 spiro atoms. The number of likely N-dealkylation sites (tertiary alicyclic amines) is 1. The van der Waals surface area contributed by atoms with Crippen molar-refractivity contribution in [1.82, 2.24) is 14.7 Å². The molecule has 4 rings (SSSR count). The number of piperidine rings is 1. The standard InChI is InChI=1S/C27H32ClF3N4O3/c1-32(2)24(36)22-9-8-21(18-23(22)28)34-16-14-33(15-17-34)20-10-12-35(13-11-20)25(37)26(38,27(29,30)31)19-6-4-3-5-7-19/h3-9,18,20,38H,10-17H2,1-2H3/t26-/m1/s1. The van der Waals surface area contributed by atoms with E-state index in [0.717, 1.165) is 48.9 Å². The summed E-state index contributed by atoms with van der Waals surface area (Å²) >= 11 is 6.37. The van der Waals surface area contributed by atoms with E-state index in [-0.39, 0.29) is 25.0 Å². The minimum Gasteiger partial charge on any atom is -0.369 e. The average molecular weight is 553 g/mol. The highest BCUT2D eigenvalue weighted by molar-refractivity contribution is 6.34. The third kappa shape index (κ3) is 5.48. The highest BCUT2D eigenvalue weighted by atomic mass is 35.5. The zero-order chi connectivity index (χ0) is 27.7. The van der Waals surface area contributed by atoms with Gasteiger partial charge in [0, 0.05) is 70.7 Å². The van der Waals surface area contributed by atoms with Crippen molar-refractivity contribution < 1.29 is 27.9 Å². The molecule has 206 valence electrons. The van der Waals surface area contributed by atoms with Gasteiger partial charge >= 0.3 is 6.18 Å². The molecule has 1 atom stereocenters. The van der Waals surface area contributed by atoms with E-state index in [0.29, 0.717) is 23.4 Å². The van der Waals surface area contributed by atoms with Crippen LogP contribution in [0.3, 0.4) is 0 Å². The molecule has 2 saturated heterocycles. The molecule has 11 heteroatoms. The Labute approximate surface area is 225 Å². The molecule has 0 saturated carbocycles. The van der Waals surface area contributed by atoms with Crippen molar-refractivity contribution in [3.05, 3.63) is 64.7 Å². The molecule has 2 aliphatic heterocycles. The first-order valence-electron chi connectivity index (χ1n) is 12.6. The van der Waals surface area contributed by atoms with Gasteiger partial charge in [0.1, 0.15) is 0 Å². The van der Waals surface area contributed by atoms with Crippen LogP contribution in [0.15, 0.2) is 48.5 Å². The lowest BCUT2D eigenvalue weighted by atomic mass is 9.90. The van der Waals surface area contributed by atoms with Gasteiger partial charge in [0.15, 0.2) is 0 Å². The Balaban J connectivity index is 1.34. The Hall–Kier alpha value is -2.82. The van der Waals surface area contributed by atoms with Crippen LogP contribution in [0.25, 0.3) is 0 Å². The van der Waals surface area contributed by atoms with Gasteiger partial charge in [-0.1, -0.05) is 41.9 Å². The van der Waals surface area contributed by atoms with Gasteiger partial charge in [-0.05, 0) is 31.0 Å². The lowest BCUT2D eigenvalue weighted by Crippen LogP contribution is -2.59. The second kappa shape index (κ2) is 11.1. The maximum atomic E-state index is 13.9. The zero-order valence-electron chi connectivity index (χ0n) is 21.4. The summed E-state index contributed by atoms with van der Waals surface area (Å²) in [6.07, 6.45) is -4.08. The number of rotatable bonds is 5. The van der Waals surface area contributed by atoms with Crippen LogP contribution in [0.1, 0.15) is 28.8 Å². The quantitative estimate of drug-likeness (QED) is 0.614. The Kier molecular flexibility index (Phi) is 8.25. The summed E-state index contributed by atoms with van der Waals surface area (Å²) in [6.45, 7) is 3.27. The van der Waals surface area contributed by atoms with Gasteiger partial charge in [-0.15, -0.1) is 0 Å². The monoisotopic (exact) mass is 552 g/mol. The Morgan fingerprint density at radius 2 is 1.55 bits per heavy atom. The molecule has 2 aromatic rings. The van der Waals surface area contributed by atoms with E-state index in [1.807, 2.05) is 6.07 Å². The first-order chi connectivity index (χ1) is 17.9. The molecular weight excluding hydrogens is 521 g/mol. The number of alkyl halides is 3. The van der Waals surface area contributed by atoms with Crippen LogP contribution < -0.4 is 4.90 Å². The highest BCUT2D eigenvalue weighted by Gasteiger charge is 2.62. The highest BCUT2D eigenvalue weighted by Crippen LogP contribution is 2.41. The number of nitrogens with zero attached hydrogens (tertiary/aromatic N) is 4. The van der Waals surface area contributed by atoms with E-state index in [2.05, 4.69) is 9.80 Å². The lowest BCUT2D eigenvalue weighted by Gasteiger charge is -2.44. The molecule has 2 aliphatic rings. The van der Waals surface area contributed by atoms with Crippen molar-refractivity contribution in [3.63, 3.8) is 0 Å². The lowest BCUT2D eigenvalue weighted by molar-refractivity contribution is -0.262. The van der Waals surface area contributed by atoms with Gasteiger partial charge in [-0.25, -0.2) is 0 Å². The first-order valence-corrected chi connectivity index (χ1v) is 13.0. The van der Waals surface area contributed by atoms with E-state index in [1.165, 1.54) is 23.1 Å². The topological polar surface area (TPSA) is 67.3 Å². The van der Waals surface area contributed by atoms with Gasteiger partial charge in [0.2, 0.25) is 0 Å². The van der Waals surface area contributed by atoms with Crippen LogP contribution in [-0.2, 0) is 10.4 Å². The number of piperazine rings is 1. The maximum Gasteiger partial charge on any atom is 0.430 e. The molecule has 7 nitrogen and oxygen atoms in total. The van der Waals surface area contributed by atoms with Crippen molar-refractivity contribution in [2.75, 3.05) is 58.3 Å². The molecule has 0 unspecified atom stereocenters. The fourth-order valence-corrected chi connectivity index (χ4v) is 5.47. The van der Waals surface area contributed by atoms with Gasteiger partial charge < -0.3 is 19.8 Å². The van der Waals surface area contributed by atoms with E-state index < -0.39 is 23.2 Å². The molecule has 0 bridgehead atoms. The van der Waals surface area contributed by atoms with Gasteiger partial charge in [0.05, 0.1) is 10.6 Å². The number of benzene rings is 2. The normalized spacial score (nSPS) is 19.2. The van der Waals surface area contributed by atoms with Gasteiger partial charge in [-0.3, -0.25) is 14.5 Å². The summed E-state index contributed by atoms with van der Waals surface area (Å²) in [4.78, 5) is 32.3. The molecule has 2 heterocycles. The summed E-state index contributed by atoms with van der Waals surface area (Å²) in [7, 11) is 3.35. The van der Waals surface area contributed by atoms with Gasteiger partial charge in [-0.2, -0.15) is 13.2 Å². The van der Waals surface area contributed by atoms with Crippen LogP contribution in [0, 0.1) is 0 Å². The second-order valence-corrected chi connectivity index (χ2v) is 10.4. The summed E-state index contributed by atoms with van der Waals surface area (Å²) in [6, 6.07) is 12.1. The van der Waals surface area contributed by atoms with E-state index in [4.69, 9.17) is 11.6 Å². The SMILES string of the molecule is CN(C)C(=O)c1ccc(N2CCN(C3CCN(C(=O)[C@](O)(c4ccccc4)C(F)(F)F)CC3)CC2)cc1Cl. The molecule has 2 amide bonds. The molecule has 38 heavy (non-hydrogen) atoms. The van der Waals surface area contributed by atoms with Gasteiger partial charge in [0.25, 0.3) is 17.4 Å². The number of anilines is 1. The number of carbonyl (C=O) groups excluding carboxylic acids is 2. The Morgan fingerprint density at radius 1 is 0.947 bits per heavy atom. The molecule has 0 aliphatic carbocycles. The fraction of sp³-hybridized carbons (Fsp3) is 0.481. The Bertz CT molecular complexity index is 1150. The number of carbonyl (C=O) groups is 2. The number of hydrogen-bond donors (Lipinski definition) is 1. The summed E-state index contributed by atoms with van der Waals surface area (Å²) < 4.78 is 41.8. The van der Waals surface area contributed by atoms with E-state index >= 15 is 0 Å². The summed E-state index contributed by atoms with van der Waals surface area (Å²) in [5.74, 6) is -1.49. The van der Waals surface area contributed by atoms with Crippen LogP contribution >= 0.6 is 11.6 Å². The van der Waals surface area contributed by atoms with Crippen molar-refractivity contribution in [2.45, 2.75) is 30.7 Å². The molecule has 0 radical (unpaired) electrons. The number of hydrogen-bond acceptors (Lipinski definition) is 5. The van der Waals surface area contributed by atoms with Crippen LogP contribution in [0.2, 0.25) is 5.02 Å². The number of halogens is 4. The largest absolute Gasteiger partial charge is 0.430 e. The van der Waals surface area contributed by atoms with Crippen LogP contribution in [0.4, 0.5) is 18.9 Å². The van der Waals surface area contributed by atoms with Crippen molar-refractivity contribution in [2.24, 2.45) is 0 Å². The third-order valence-electron chi connectivity index (χ3n) is 7.45. The van der Waals surface area contributed by atoms with Crippen molar-refractivity contribution in [3.8, 4) is 0 Å². The maximum absolute atomic E-state index is 13.9. The molecular formula is C27H32ClF3N4O3. The Morgan fingerprint density at radius 3 is 2.08 bits per heavy atom. The third-order valence-corrected chi connectivity index (χ3v) is 7.76. The fourth-order valence-electron chi connectivity index (χ4n) is 5.21. The average Bonchev–Trinajstić information content (AvgIpc) is 2.91. The first kappa shape index (κ1) is 28.2. The minimum atomic E-state index is -5.14. The molecule has 1 N–H and O–H groups in total. The van der Waals surface area contributed by atoms with Crippen molar-refractivity contribution in [1.29, 1.82) is 0 Å². The predicted molar refractivity (Wildman–Crippen MR) is 139 cm³/mol. The molecule has 2 fully saturated rings. The van der Waals surface area contributed by atoms with Crippen LogP contribution in [-0.4, -0.2) is 97.2 Å². The number of aliphatic hydroxyl groups is 1. The van der Waals surface area contributed by atoms with E-state index in [9.17, 15) is 27.9 Å². The smallest absolute Gasteiger partial charge is 0.369 e. The van der Waals surface area contributed by atoms with Crippen LogP contribution in [0.5, 0.6) is 0 Å². The number of amides is 2. The molecule has 0 aromatic heterocycles. The molecule has 2 aromatic carbocycles. The zero-order valence-corrected chi connectivity index (χ0v) is 22.2. The second-order valence-electron chi connectivity index (χ2n) is 9.98. The van der Waals surface area contributed by atoms with Crippen molar-refractivity contribution >= 4 is 29.1 Å². The summed E-state index contributed by atoms with van der Waals surface area (Å²) in [5, 5.41) is 11.0. The minimum absolute atomic E-state index is 0.139. The summed E-state index contributed by atoms with van der Waals surface area (Å²) in [5.41, 5.74) is -2.67.